The number of ether oxygens (including phenoxy) is 1. The number of carbonyl (C=O) groups excluding carboxylic acids is 1. The lowest BCUT2D eigenvalue weighted by Gasteiger charge is -1.97. The summed E-state index contributed by atoms with van der Waals surface area (Å²) in [5, 5.41) is 5.77. The van der Waals surface area contributed by atoms with Crippen molar-refractivity contribution in [2.45, 2.75) is 0 Å². The number of carbonyl (C=O) groups is 1. The topological polar surface area (TPSA) is 44.1 Å². The normalized spacial score (nSPS) is 10.3. The molecule has 0 aromatic carbocycles. The van der Waals surface area contributed by atoms with E-state index in [2.05, 4.69) is 5.10 Å². The van der Waals surface area contributed by atoms with Crippen molar-refractivity contribution >= 4 is 17.1 Å². The number of aromatic nitrogens is 2. The number of rotatable bonds is 3. The molecule has 15 heavy (non-hydrogen) atoms. The van der Waals surface area contributed by atoms with Crippen LogP contribution in [0.1, 0.15) is 15.4 Å². The van der Waals surface area contributed by atoms with E-state index in [1.54, 1.807) is 37.2 Å². The summed E-state index contributed by atoms with van der Waals surface area (Å²) < 4.78 is 6.59. The minimum absolute atomic E-state index is 0.0247. The highest BCUT2D eigenvalue weighted by atomic mass is 32.1. The molecule has 5 heteroatoms. The van der Waals surface area contributed by atoms with Crippen LogP contribution in [0.25, 0.3) is 0 Å². The molecule has 0 aliphatic heterocycles. The quantitative estimate of drug-likeness (QED) is 0.743. The summed E-state index contributed by atoms with van der Waals surface area (Å²) in [4.78, 5) is 12.6. The lowest BCUT2D eigenvalue weighted by atomic mass is 10.2. The number of methoxy groups -OCH3 is 1. The number of thiophene rings is 1. The van der Waals surface area contributed by atoms with Gasteiger partial charge in [0.2, 0.25) is 5.78 Å². The van der Waals surface area contributed by atoms with E-state index in [4.69, 9.17) is 4.74 Å². The Bertz CT molecular complexity index is 487. The zero-order valence-electron chi connectivity index (χ0n) is 8.43. The van der Waals surface area contributed by atoms with E-state index in [1.165, 1.54) is 11.3 Å². The van der Waals surface area contributed by atoms with Crippen molar-refractivity contribution in [3.8, 4) is 5.75 Å². The van der Waals surface area contributed by atoms with Crippen LogP contribution in [0, 0.1) is 0 Å². The number of hydrogen-bond acceptors (Lipinski definition) is 4. The highest BCUT2D eigenvalue weighted by Gasteiger charge is 2.14. The summed E-state index contributed by atoms with van der Waals surface area (Å²) in [5.74, 6) is 0.689. The molecule has 0 aliphatic rings. The fourth-order valence-electron chi connectivity index (χ4n) is 1.27. The molecular formula is C10H10N2O2S. The molecular weight excluding hydrogens is 212 g/mol. The van der Waals surface area contributed by atoms with Crippen molar-refractivity contribution in [3.05, 3.63) is 34.3 Å². The Morgan fingerprint density at radius 2 is 2.40 bits per heavy atom. The van der Waals surface area contributed by atoms with Gasteiger partial charge in [0, 0.05) is 24.7 Å². The van der Waals surface area contributed by atoms with E-state index in [9.17, 15) is 4.79 Å². The number of ketones is 1. The third kappa shape index (κ3) is 1.78. The Morgan fingerprint density at radius 3 is 2.93 bits per heavy atom. The smallest absolute Gasteiger partial charge is 0.221 e. The summed E-state index contributed by atoms with van der Waals surface area (Å²) in [6, 6.07) is 3.44. The number of nitrogens with zero attached hydrogens (tertiary/aromatic N) is 2. The molecule has 0 fully saturated rings. The minimum Gasteiger partial charge on any atom is -0.496 e. The first-order chi connectivity index (χ1) is 7.22. The van der Waals surface area contributed by atoms with Crippen LogP contribution >= 0.6 is 11.3 Å². The van der Waals surface area contributed by atoms with Crippen LogP contribution in [0.3, 0.4) is 0 Å². The molecule has 0 aliphatic carbocycles. The van der Waals surface area contributed by atoms with Gasteiger partial charge < -0.3 is 4.74 Å². The number of hydrogen-bond donors (Lipinski definition) is 0. The highest BCUT2D eigenvalue weighted by molar-refractivity contribution is 7.12. The molecule has 0 spiro atoms. The first-order valence-corrected chi connectivity index (χ1v) is 5.25. The van der Waals surface area contributed by atoms with E-state index < -0.39 is 0 Å². The van der Waals surface area contributed by atoms with Gasteiger partial charge in [0.15, 0.2) is 0 Å². The molecule has 0 amide bonds. The average Bonchev–Trinajstić information content (AvgIpc) is 2.84. The van der Waals surface area contributed by atoms with E-state index in [0.717, 1.165) is 0 Å². The Morgan fingerprint density at radius 1 is 1.60 bits per heavy atom. The molecule has 2 rings (SSSR count). The lowest BCUT2D eigenvalue weighted by molar-refractivity contribution is 0.103. The standard InChI is InChI=1S/C10H10N2O2S/c1-12-8(3-4-11-12)10(13)9-5-7(14-2)6-15-9/h3-6H,1-2H3. The molecule has 0 saturated heterocycles. The maximum atomic E-state index is 12.0. The van der Waals surface area contributed by atoms with Crippen LogP contribution in [0.2, 0.25) is 0 Å². The molecule has 78 valence electrons. The predicted octanol–water partition coefficient (Wildman–Crippen LogP) is 1.72. The molecule has 0 unspecified atom stereocenters. The van der Waals surface area contributed by atoms with Crippen LogP contribution in [-0.4, -0.2) is 22.7 Å². The molecule has 2 heterocycles. The molecule has 0 N–H and O–H groups in total. The van der Waals surface area contributed by atoms with Crippen molar-refractivity contribution in [3.63, 3.8) is 0 Å². The van der Waals surface area contributed by atoms with Gasteiger partial charge in [0.25, 0.3) is 0 Å². The van der Waals surface area contributed by atoms with Gasteiger partial charge in [-0.15, -0.1) is 11.3 Å². The van der Waals surface area contributed by atoms with Gasteiger partial charge in [-0.05, 0) is 6.07 Å². The van der Waals surface area contributed by atoms with Gasteiger partial charge in [0.05, 0.1) is 12.0 Å². The minimum atomic E-state index is -0.0247. The monoisotopic (exact) mass is 222 g/mol. The molecule has 0 bridgehead atoms. The van der Waals surface area contributed by atoms with E-state index in [0.29, 0.717) is 16.3 Å². The second kappa shape index (κ2) is 3.86. The Hall–Kier alpha value is -1.62. The molecule has 0 saturated carbocycles. The first kappa shape index (κ1) is 9.92. The van der Waals surface area contributed by atoms with E-state index in [1.807, 2.05) is 5.38 Å². The lowest BCUT2D eigenvalue weighted by Crippen LogP contribution is -2.06. The van der Waals surface area contributed by atoms with E-state index >= 15 is 0 Å². The van der Waals surface area contributed by atoms with Crippen LogP contribution in [-0.2, 0) is 7.05 Å². The number of aryl methyl sites for hydroxylation is 1. The third-order valence-corrected chi connectivity index (χ3v) is 3.00. The zero-order valence-corrected chi connectivity index (χ0v) is 9.25. The second-order valence-electron chi connectivity index (χ2n) is 3.02. The summed E-state index contributed by atoms with van der Waals surface area (Å²) in [5.41, 5.74) is 0.583. The maximum absolute atomic E-state index is 12.0. The Balaban J connectivity index is 2.32. The first-order valence-electron chi connectivity index (χ1n) is 4.37. The van der Waals surface area contributed by atoms with Gasteiger partial charge in [-0.3, -0.25) is 9.48 Å². The molecule has 0 radical (unpaired) electrons. The largest absolute Gasteiger partial charge is 0.496 e. The SMILES string of the molecule is COc1csc(C(=O)c2ccnn2C)c1. The second-order valence-corrected chi connectivity index (χ2v) is 3.93. The van der Waals surface area contributed by atoms with Gasteiger partial charge in [-0.25, -0.2) is 0 Å². The van der Waals surface area contributed by atoms with Crippen molar-refractivity contribution in [2.75, 3.05) is 7.11 Å². The fourth-order valence-corrected chi connectivity index (χ4v) is 2.07. The Kier molecular flexibility index (Phi) is 2.55. The summed E-state index contributed by atoms with van der Waals surface area (Å²) >= 11 is 1.37. The molecule has 2 aromatic heterocycles. The zero-order chi connectivity index (χ0) is 10.8. The van der Waals surface area contributed by atoms with Crippen LogP contribution in [0.15, 0.2) is 23.7 Å². The fraction of sp³-hybridized carbons (Fsp3) is 0.200. The van der Waals surface area contributed by atoms with E-state index in [-0.39, 0.29) is 5.78 Å². The molecule has 0 atom stereocenters. The predicted molar refractivity (Wildman–Crippen MR) is 57.5 cm³/mol. The summed E-state index contributed by atoms with van der Waals surface area (Å²) in [6.45, 7) is 0. The van der Waals surface area contributed by atoms with Crippen LogP contribution in [0.4, 0.5) is 0 Å². The van der Waals surface area contributed by atoms with Crippen molar-refractivity contribution in [2.24, 2.45) is 7.05 Å². The molecule has 2 aromatic rings. The summed E-state index contributed by atoms with van der Waals surface area (Å²) in [6.07, 6.45) is 1.61. The average molecular weight is 222 g/mol. The molecule has 4 nitrogen and oxygen atoms in total. The van der Waals surface area contributed by atoms with Crippen LogP contribution in [0.5, 0.6) is 5.75 Å². The Labute approximate surface area is 91.1 Å². The van der Waals surface area contributed by atoms with Crippen LogP contribution < -0.4 is 4.74 Å². The third-order valence-electron chi connectivity index (χ3n) is 2.09. The van der Waals surface area contributed by atoms with Crippen molar-refractivity contribution in [1.82, 2.24) is 9.78 Å². The van der Waals surface area contributed by atoms with Crippen molar-refractivity contribution < 1.29 is 9.53 Å². The van der Waals surface area contributed by atoms with Gasteiger partial charge in [-0.2, -0.15) is 5.10 Å². The van der Waals surface area contributed by atoms with Gasteiger partial charge in [0.1, 0.15) is 11.4 Å². The summed E-state index contributed by atoms with van der Waals surface area (Å²) in [7, 11) is 3.33. The maximum Gasteiger partial charge on any atom is 0.221 e. The highest BCUT2D eigenvalue weighted by Crippen LogP contribution is 2.23. The van der Waals surface area contributed by atoms with Gasteiger partial charge >= 0.3 is 0 Å². The van der Waals surface area contributed by atoms with Crippen molar-refractivity contribution in [1.29, 1.82) is 0 Å². The van der Waals surface area contributed by atoms with Gasteiger partial charge in [-0.1, -0.05) is 0 Å².